The number of rotatable bonds is 7. The number of benzene rings is 1. The number of nitrogens with one attached hydrogen (secondary N) is 1. The number of nitrogens with zero attached hydrogens (tertiary/aromatic N) is 2. The van der Waals surface area contributed by atoms with Crippen molar-refractivity contribution in [3.05, 3.63) is 47.7 Å². The maximum absolute atomic E-state index is 5.91. The Morgan fingerprint density at radius 1 is 1.00 bits per heavy atom. The van der Waals surface area contributed by atoms with Crippen molar-refractivity contribution in [2.75, 3.05) is 6.54 Å². The topological polar surface area (TPSA) is 51.0 Å². The lowest BCUT2D eigenvalue weighted by atomic mass is 9.97. The van der Waals surface area contributed by atoms with Crippen LogP contribution in [-0.2, 0) is 0 Å². The Morgan fingerprint density at radius 2 is 1.70 bits per heavy atom. The van der Waals surface area contributed by atoms with Crippen LogP contribution in [0.2, 0.25) is 0 Å². The molecule has 108 valence electrons. The third-order valence-corrected chi connectivity index (χ3v) is 3.52. The van der Waals surface area contributed by atoms with Crippen molar-refractivity contribution in [3.8, 4) is 0 Å². The van der Waals surface area contributed by atoms with E-state index in [2.05, 4.69) is 48.4 Å². The molecule has 2 atom stereocenters. The van der Waals surface area contributed by atoms with Crippen molar-refractivity contribution in [2.24, 2.45) is 0 Å². The molecule has 1 aromatic heterocycles. The lowest BCUT2D eigenvalue weighted by Gasteiger charge is -2.12. The van der Waals surface area contributed by atoms with E-state index in [9.17, 15) is 0 Å². The Bertz CT molecular complexity index is 509. The summed E-state index contributed by atoms with van der Waals surface area (Å²) in [6.45, 7) is 7.24. The Hall–Kier alpha value is -1.68. The Morgan fingerprint density at radius 3 is 2.30 bits per heavy atom. The maximum atomic E-state index is 5.91. The molecule has 2 rings (SSSR count). The van der Waals surface area contributed by atoms with Gasteiger partial charge < -0.3 is 9.73 Å². The normalized spacial score (nSPS) is 14.2. The first-order chi connectivity index (χ1) is 9.80. The summed E-state index contributed by atoms with van der Waals surface area (Å²) >= 11 is 0. The average Bonchev–Trinajstić information content (AvgIpc) is 2.96. The van der Waals surface area contributed by atoms with Crippen LogP contribution in [0.25, 0.3) is 0 Å². The van der Waals surface area contributed by atoms with E-state index in [1.165, 1.54) is 5.56 Å². The first kappa shape index (κ1) is 14.7. The summed E-state index contributed by atoms with van der Waals surface area (Å²) in [7, 11) is 0. The van der Waals surface area contributed by atoms with Gasteiger partial charge in [0.15, 0.2) is 0 Å². The van der Waals surface area contributed by atoms with Gasteiger partial charge in [-0.1, -0.05) is 51.1 Å². The van der Waals surface area contributed by atoms with Gasteiger partial charge in [0.05, 0.1) is 12.0 Å². The molecule has 0 amide bonds. The molecule has 0 spiro atoms. The highest BCUT2D eigenvalue weighted by molar-refractivity contribution is 5.24. The van der Waals surface area contributed by atoms with E-state index < -0.39 is 0 Å². The third kappa shape index (κ3) is 3.25. The molecule has 1 N–H and O–H groups in total. The fraction of sp³-hybridized carbons (Fsp3) is 0.500. The van der Waals surface area contributed by atoms with Crippen molar-refractivity contribution in [2.45, 2.75) is 45.6 Å². The molecule has 0 radical (unpaired) electrons. The van der Waals surface area contributed by atoms with Gasteiger partial charge in [0, 0.05) is 0 Å². The summed E-state index contributed by atoms with van der Waals surface area (Å²) in [6.07, 6.45) is 1.89. The van der Waals surface area contributed by atoms with Gasteiger partial charge in [0.1, 0.15) is 0 Å². The maximum Gasteiger partial charge on any atom is 0.233 e. The van der Waals surface area contributed by atoms with Gasteiger partial charge in [0.2, 0.25) is 11.8 Å². The van der Waals surface area contributed by atoms with Crippen LogP contribution in [0.4, 0.5) is 0 Å². The zero-order valence-corrected chi connectivity index (χ0v) is 12.5. The molecule has 2 aromatic rings. The lowest BCUT2D eigenvalue weighted by Crippen LogP contribution is -2.20. The highest BCUT2D eigenvalue weighted by Gasteiger charge is 2.21. The van der Waals surface area contributed by atoms with Gasteiger partial charge in [0.25, 0.3) is 0 Å². The van der Waals surface area contributed by atoms with Gasteiger partial charge in [-0.05, 0) is 24.9 Å². The van der Waals surface area contributed by atoms with Crippen molar-refractivity contribution in [3.63, 3.8) is 0 Å². The van der Waals surface area contributed by atoms with E-state index in [4.69, 9.17) is 4.42 Å². The summed E-state index contributed by atoms with van der Waals surface area (Å²) in [6, 6.07) is 10.5. The quantitative estimate of drug-likeness (QED) is 0.836. The standard InChI is InChI=1S/C16H23N3O/c1-4-13(12-10-8-7-9-11-12)15-18-19-16(20-15)14(5-2)17-6-3/h7-11,13-14,17H,4-6H2,1-3H3. The summed E-state index contributed by atoms with van der Waals surface area (Å²) < 4.78 is 5.91. The molecular formula is C16H23N3O. The number of hydrogen-bond acceptors (Lipinski definition) is 4. The fourth-order valence-electron chi connectivity index (χ4n) is 2.42. The van der Waals surface area contributed by atoms with E-state index in [0.717, 1.165) is 19.4 Å². The molecule has 0 aliphatic rings. The average molecular weight is 273 g/mol. The molecule has 0 bridgehead atoms. The Kier molecular flexibility index (Phi) is 5.30. The summed E-state index contributed by atoms with van der Waals surface area (Å²) in [5.74, 6) is 1.58. The highest BCUT2D eigenvalue weighted by atomic mass is 16.4. The van der Waals surface area contributed by atoms with Crippen molar-refractivity contribution in [1.29, 1.82) is 0 Å². The summed E-state index contributed by atoms with van der Waals surface area (Å²) in [5.41, 5.74) is 1.22. The largest absolute Gasteiger partial charge is 0.423 e. The van der Waals surface area contributed by atoms with Crippen LogP contribution in [0.3, 0.4) is 0 Å². The predicted octanol–water partition coefficient (Wildman–Crippen LogP) is 3.67. The van der Waals surface area contributed by atoms with Crippen molar-refractivity contribution in [1.82, 2.24) is 15.5 Å². The minimum atomic E-state index is 0.148. The van der Waals surface area contributed by atoms with E-state index >= 15 is 0 Å². The first-order valence-corrected chi connectivity index (χ1v) is 7.41. The minimum Gasteiger partial charge on any atom is -0.423 e. The zero-order valence-electron chi connectivity index (χ0n) is 12.5. The second-order valence-electron chi connectivity index (χ2n) is 4.87. The minimum absolute atomic E-state index is 0.148. The monoisotopic (exact) mass is 273 g/mol. The van der Waals surface area contributed by atoms with Crippen LogP contribution in [0.1, 0.15) is 62.9 Å². The first-order valence-electron chi connectivity index (χ1n) is 7.41. The number of hydrogen-bond donors (Lipinski definition) is 1. The predicted molar refractivity (Wildman–Crippen MR) is 79.6 cm³/mol. The third-order valence-electron chi connectivity index (χ3n) is 3.52. The van der Waals surface area contributed by atoms with Crippen LogP contribution < -0.4 is 5.32 Å². The molecule has 4 heteroatoms. The molecule has 0 saturated carbocycles. The van der Waals surface area contributed by atoms with Crippen molar-refractivity contribution >= 4 is 0 Å². The molecule has 0 aliphatic heterocycles. The highest BCUT2D eigenvalue weighted by Crippen LogP contribution is 2.28. The molecule has 4 nitrogen and oxygen atoms in total. The van der Waals surface area contributed by atoms with Gasteiger partial charge in [-0.3, -0.25) is 0 Å². The second kappa shape index (κ2) is 7.20. The SMILES string of the molecule is CCNC(CC)c1nnc(C(CC)c2ccccc2)o1. The molecule has 20 heavy (non-hydrogen) atoms. The van der Waals surface area contributed by atoms with Gasteiger partial charge in [-0.25, -0.2) is 0 Å². The van der Waals surface area contributed by atoms with E-state index in [1.54, 1.807) is 0 Å². The van der Waals surface area contributed by atoms with Crippen LogP contribution in [0.5, 0.6) is 0 Å². The second-order valence-corrected chi connectivity index (χ2v) is 4.87. The fourth-order valence-corrected chi connectivity index (χ4v) is 2.42. The van der Waals surface area contributed by atoms with Gasteiger partial charge in [-0.15, -0.1) is 10.2 Å². The molecule has 0 fully saturated rings. The Labute approximate surface area is 120 Å². The van der Waals surface area contributed by atoms with E-state index in [0.29, 0.717) is 11.8 Å². The van der Waals surface area contributed by atoms with Crippen LogP contribution in [0.15, 0.2) is 34.7 Å². The summed E-state index contributed by atoms with van der Waals surface area (Å²) in [5, 5.41) is 11.8. The zero-order chi connectivity index (χ0) is 14.4. The lowest BCUT2D eigenvalue weighted by molar-refractivity contribution is 0.367. The molecule has 0 saturated heterocycles. The van der Waals surface area contributed by atoms with E-state index in [-0.39, 0.29) is 12.0 Å². The molecule has 0 aliphatic carbocycles. The number of aromatic nitrogens is 2. The Balaban J connectivity index is 2.22. The van der Waals surface area contributed by atoms with Crippen molar-refractivity contribution < 1.29 is 4.42 Å². The van der Waals surface area contributed by atoms with Gasteiger partial charge in [-0.2, -0.15) is 0 Å². The van der Waals surface area contributed by atoms with Gasteiger partial charge >= 0.3 is 0 Å². The molecular weight excluding hydrogens is 250 g/mol. The van der Waals surface area contributed by atoms with E-state index in [1.807, 2.05) is 18.2 Å². The van der Waals surface area contributed by atoms with Crippen LogP contribution >= 0.6 is 0 Å². The van der Waals surface area contributed by atoms with Crippen LogP contribution in [0, 0.1) is 0 Å². The molecule has 1 aromatic carbocycles. The molecule has 1 heterocycles. The molecule has 2 unspecified atom stereocenters. The summed E-state index contributed by atoms with van der Waals surface area (Å²) in [4.78, 5) is 0. The van der Waals surface area contributed by atoms with Crippen LogP contribution in [-0.4, -0.2) is 16.7 Å². The smallest absolute Gasteiger partial charge is 0.233 e.